The van der Waals surface area contributed by atoms with Crippen molar-refractivity contribution < 1.29 is 9.47 Å². The van der Waals surface area contributed by atoms with E-state index in [0.29, 0.717) is 0 Å². The van der Waals surface area contributed by atoms with Gasteiger partial charge in [-0.05, 0) is 137 Å². The van der Waals surface area contributed by atoms with Crippen molar-refractivity contribution >= 4 is 102 Å². The Morgan fingerprint density at radius 2 is 0.647 bits per heavy atom. The average molecular weight is 1200 g/mol. The van der Waals surface area contributed by atoms with E-state index in [1.807, 2.05) is 0 Å². The summed E-state index contributed by atoms with van der Waals surface area (Å²) >= 11 is 3.69. The number of halogens is 1. The van der Waals surface area contributed by atoms with Crippen LogP contribution >= 0.6 is 15.9 Å². The Morgan fingerprint density at radius 3 is 1.09 bits per heavy atom. The van der Waals surface area contributed by atoms with Crippen LogP contribution in [0.2, 0.25) is 0 Å². The number of benzene rings is 12. The molecule has 7 heteroatoms. The number of rotatable bonds is 5. The molecular weight excluding hydrogens is 1130 g/mol. The van der Waals surface area contributed by atoms with Gasteiger partial charge in [-0.3, -0.25) is 0 Å². The summed E-state index contributed by atoms with van der Waals surface area (Å²) in [6.45, 7) is 9.24. The second kappa shape index (κ2) is 21.7. The zero-order valence-corrected chi connectivity index (χ0v) is 51.6. The standard InChI is InChI=1S/C39H31NOSi.C24H17BrOSi.C15H15N/c1-39(2)31-19-9-11-21-33(31)40(34-22-12-10-20-32(34)39)28-25-26-36-38(27-28)42(29-15-5-3-6-16-29,30-17-7-4-8-18-30)37-24-14-13-23-35(37)41-36;25-18-15-16-22-24(17-18)27(19-9-3-1-4-10-19,20-11-5-2-6-12-20)23-14-8-7-13-21(23)26-22;1-15(2)11-7-3-5-9-13(11)16-14-10-6-4-8-12(14)15/h3-27H,1-2H3;1-17H;3-10,16H,1-2H3. The first-order chi connectivity index (χ1) is 41.6. The van der Waals surface area contributed by atoms with Gasteiger partial charge in [0.2, 0.25) is 0 Å². The summed E-state index contributed by atoms with van der Waals surface area (Å²) in [6, 6.07) is 109. The minimum Gasteiger partial charge on any atom is -0.458 e. The molecule has 4 aliphatic heterocycles. The molecule has 16 rings (SSSR count). The largest absolute Gasteiger partial charge is 0.458 e. The molecule has 1 N–H and O–H groups in total. The molecule has 4 nitrogen and oxygen atoms in total. The molecule has 0 spiro atoms. The highest BCUT2D eigenvalue weighted by Crippen LogP contribution is 2.52. The van der Waals surface area contributed by atoms with E-state index >= 15 is 0 Å². The summed E-state index contributed by atoms with van der Waals surface area (Å²) < 4.78 is 14.1. The van der Waals surface area contributed by atoms with Crippen LogP contribution in [-0.4, -0.2) is 16.1 Å². The third kappa shape index (κ3) is 8.91. The van der Waals surface area contributed by atoms with Crippen LogP contribution in [0.3, 0.4) is 0 Å². The molecule has 0 aromatic heterocycles. The van der Waals surface area contributed by atoms with E-state index in [0.717, 1.165) is 33.2 Å². The molecule has 4 heterocycles. The van der Waals surface area contributed by atoms with Crippen LogP contribution in [0.4, 0.5) is 28.4 Å². The maximum absolute atomic E-state index is 6.71. The smallest absolute Gasteiger partial charge is 0.188 e. The van der Waals surface area contributed by atoms with Gasteiger partial charge < -0.3 is 19.7 Å². The number of anilines is 5. The van der Waals surface area contributed by atoms with Crippen LogP contribution in [0.25, 0.3) is 0 Å². The van der Waals surface area contributed by atoms with Crippen LogP contribution in [0.15, 0.2) is 308 Å². The van der Waals surface area contributed by atoms with Crippen molar-refractivity contribution in [3.05, 3.63) is 330 Å². The lowest BCUT2D eigenvalue weighted by Gasteiger charge is -2.43. The third-order valence-electron chi connectivity index (χ3n) is 17.9. The van der Waals surface area contributed by atoms with Crippen molar-refractivity contribution in [3.8, 4) is 23.0 Å². The fourth-order valence-electron chi connectivity index (χ4n) is 14.0. The van der Waals surface area contributed by atoms with Gasteiger partial charge in [0.05, 0.1) is 11.4 Å². The van der Waals surface area contributed by atoms with Crippen molar-refractivity contribution in [2.24, 2.45) is 0 Å². The van der Waals surface area contributed by atoms with Gasteiger partial charge in [-0.1, -0.05) is 274 Å². The first-order valence-electron chi connectivity index (χ1n) is 29.3. The Hall–Kier alpha value is -9.25. The number of ether oxygens (including phenoxy) is 2. The lowest BCUT2D eigenvalue weighted by atomic mass is 9.73. The van der Waals surface area contributed by atoms with Crippen molar-refractivity contribution in [2.45, 2.75) is 38.5 Å². The van der Waals surface area contributed by atoms with Gasteiger partial charge in [-0.15, -0.1) is 0 Å². The monoisotopic (exact) mass is 1190 g/mol. The van der Waals surface area contributed by atoms with Gasteiger partial charge >= 0.3 is 0 Å². The van der Waals surface area contributed by atoms with E-state index in [4.69, 9.17) is 9.47 Å². The van der Waals surface area contributed by atoms with E-state index in [2.05, 4.69) is 357 Å². The van der Waals surface area contributed by atoms with Crippen LogP contribution in [-0.2, 0) is 10.8 Å². The van der Waals surface area contributed by atoms with Crippen LogP contribution in [0.1, 0.15) is 49.9 Å². The van der Waals surface area contributed by atoms with E-state index in [1.54, 1.807) is 0 Å². The Bertz CT molecular complexity index is 4260. The lowest BCUT2D eigenvalue weighted by molar-refractivity contribution is 0.487. The Kier molecular flexibility index (Phi) is 13.7. The molecule has 0 aliphatic carbocycles. The molecule has 0 saturated carbocycles. The zero-order chi connectivity index (χ0) is 57.8. The third-order valence-corrected chi connectivity index (χ3v) is 28.1. The topological polar surface area (TPSA) is 33.7 Å². The summed E-state index contributed by atoms with van der Waals surface area (Å²) in [4.78, 5) is 2.45. The molecule has 0 amide bonds. The van der Waals surface area contributed by atoms with E-state index in [-0.39, 0.29) is 10.8 Å². The summed E-state index contributed by atoms with van der Waals surface area (Å²) in [5, 5.41) is 14.1. The maximum Gasteiger partial charge on any atom is 0.188 e. The summed E-state index contributed by atoms with van der Waals surface area (Å²) in [5.41, 5.74) is 11.4. The van der Waals surface area contributed by atoms with Gasteiger partial charge in [0.25, 0.3) is 0 Å². The first-order valence-corrected chi connectivity index (χ1v) is 34.1. The minimum atomic E-state index is -2.73. The summed E-state index contributed by atoms with van der Waals surface area (Å²) in [5.74, 6) is 3.81. The van der Waals surface area contributed by atoms with E-state index in [9.17, 15) is 0 Å². The van der Waals surface area contributed by atoms with Gasteiger partial charge in [0.1, 0.15) is 23.0 Å². The van der Waals surface area contributed by atoms with Gasteiger partial charge in [-0.25, -0.2) is 0 Å². The van der Waals surface area contributed by atoms with E-state index in [1.165, 1.54) is 86.5 Å². The number of nitrogens with zero attached hydrogens (tertiary/aromatic N) is 1. The van der Waals surface area contributed by atoms with Crippen molar-refractivity contribution in [1.29, 1.82) is 0 Å². The SMILES string of the molecule is Brc1ccc2c(c1)[Si](c1ccccc1)(c1ccccc1)c1ccccc1O2.CC1(C)c2ccccc2N(c2ccc3c(c2)[Si](c2ccccc2)(c2ccccc2)c2ccccc2O3)c2ccccc21.CC1(C)c2ccccc2Nc2ccccc21. The van der Waals surface area contributed by atoms with E-state index < -0.39 is 16.1 Å². The highest BCUT2D eigenvalue weighted by molar-refractivity contribution is 9.10. The van der Waals surface area contributed by atoms with Crippen molar-refractivity contribution in [3.63, 3.8) is 0 Å². The van der Waals surface area contributed by atoms with Crippen molar-refractivity contribution in [1.82, 2.24) is 0 Å². The number of para-hydroxylation sites is 6. The minimum absolute atomic E-state index is 0.0818. The summed E-state index contributed by atoms with van der Waals surface area (Å²) in [7, 11) is -5.20. The highest BCUT2D eigenvalue weighted by Gasteiger charge is 2.50. The fraction of sp³-hybridized carbons (Fsp3) is 0.0769. The van der Waals surface area contributed by atoms with Gasteiger partial charge in [-0.2, -0.15) is 0 Å². The molecule has 0 fully saturated rings. The molecule has 85 heavy (non-hydrogen) atoms. The summed E-state index contributed by atoms with van der Waals surface area (Å²) in [6.07, 6.45) is 0. The molecule has 12 aromatic carbocycles. The predicted molar refractivity (Wildman–Crippen MR) is 363 cm³/mol. The second-order valence-corrected chi connectivity index (χ2v) is 31.7. The molecule has 12 aromatic rings. The predicted octanol–water partition coefficient (Wildman–Crippen LogP) is 15.3. The van der Waals surface area contributed by atoms with Crippen molar-refractivity contribution in [2.75, 3.05) is 10.2 Å². The molecule has 0 radical (unpaired) electrons. The highest BCUT2D eigenvalue weighted by atomic mass is 79.9. The zero-order valence-electron chi connectivity index (χ0n) is 48.0. The Morgan fingerprint density at radius 1 is 0.318 bits per heavy atom. The number of hydrogen-bond donors (Lipinski definition) is 1. The molecular formula is C78H63BrN2O2Si2. The van der Waals surface area contributed by atoms with Crippen LogP contribution in [0, 0.1) is 0 Å². The quantitative estimate of drug-likeness (QED) is 0.174. The normalized spacial score (nSPS) is 15.0. The Labute approximate surface area is 509 Å². The second-order valence-electron chi connectivity index (χ2n) is 23.3. The fourth-order valence-corrected chi connectivity index (χ4v) is 24.5. The molecule has 0 saturated heterocycles. The number of hydrogen-bond acceptors (Lipinski definition) is 4. The molecule has 0 unspecified atom stereocenters. The molecule has 0 atom stereocenters. The first kappa shape index (κ1) is 53.7. The number of fused-ring (bicyclic) bond motifs is 8. The maximum atomic E-state index is 6.71. The molecule has 412 valence electrons. The van der Waals surface area contributed by atoms with Gasteiger partial charge in [0, 0.05) is 32.4 Å². The molecule has 0 bridgehead atoms. The Balaban J connectivity index is 0.000000126. The molecule has 4 aliphatic rings. The van der Waals surface area contributed by atoms with Gasteiger partial charge in [0.15, 0.2) is 16.1 Å². The number of nitrogens with one attached hydrogen (secondary N) is 1. The lowest BCUT2D eigenvalue weighted by Crippen LogP contribution is -2.76. The average Bonchev–Trinajstić information content (AvgIpc) is 0.836. The van der Waals surface area contributed by atoms with Crippen LogP contribution in [0.5, 0.6) is 23.0 Å². The van der Waals surface area contributed by atoms with Crippen LogP contribution < -0.4 is 61.2 Å².